The maximum atomic E-state index is 14.1. The van der Waals surface area contributed by atoms with Crippen molar-refractivity contribution in [3.63, 3.8) is 0 Å². The van der Waals surface area contributed by atoms with Crippen LogP contribution in [0.25, 0.3) is 22.2 Å². The number of fused-ring (bicyclic) bond motifs is 2. The first-order valence-corrected chi connectivity index (χ1v) is 16.8. The number of likely N-dealkylation sites (tertiary alicyclic amines) is 1. The molecule has 2 fully saturated rings. The van der Waals surface area contributed by atoms with Crippen molar-refractivity contribution in [3.05, 3.63) is 58.5 Å². The number of hydrogen-bond donors (Lipinski definition) is 1. The van der Waals surface area contributed by atoms with Crippen molar-refractivity contribution < 1.29 is 35.6 Å². The summed E-state index contributed by atoms with van der Waals surface area (Å²) < 4.78 is 2.15. The monoisotopic (exact) mass is 758 g/mol. The standard InChI is InChI=1S/C29H30BrIN9O3/c1-15-6-7-23(30)35-26(15)36-27(43)21-9-29(14-38(4)5)28(31-29)40(21)24(42)13-39-22-12-34-20(18-10-32-17(3)33-11-18)8-19(22)25(37-39)16(2)41/h6-8,10-12,21,28H,9,13-14H2,1-5H3,(H,35,36,43)/q-1/t21-,28-,29-/m0/s1. The number of Topliss-reactive ketones (excluding diaryl/α,β-unsaturated/α-hetero) is 1. The van der Waals surface area contributed by atoms with E-state index in [1.54, 1.807) is 36.5 Å². The number of halogens is 2. The number of carbonyl (C=O) groups is 3. The second-order valence-electron chi connectivity index (χ2n) is 11.2. The topological polar surface area (TPSA) is 139 Å². The minimum atomic E-state index is -0.633. The van der Waals surface area contributed by atoms with Crippen LogP contribution >= 0.6 is 15.9 Å². The van der Waals surface area contributed by atoms with Crippen molar-refractivity contribution in [3.8, 4) is 11.3 Å². The minimum absolute atomic E-state index is 0.0386. The molecule has 0 aliphatic carbocycles. The number of hydrogen-bond acceptors (Lipinski definition) is 9. The Kier molecular flexibility index (Phi) is 7.79. The van der Waals surface area contributed by atoms with E-state index in [0.717, 1.165) is 12.1 Å². The summed E-state index contributed by atoms with van der Waals surface area (Å²) in [5.74, 6) is 0.427. The molecule has 43 heavy (non-hydrogen) atoms. The molecule has 0 spiro atoms. The van der Waals surface area contributed by atoms with Gasteiger partial charge in [0.1, 0.15) is 5.82 Å². The van der Waals surface area contributed by atoms with E-state index >= 15 is 0 Å². The number of nitrogens with one attached hydrogen (secondary N) is 1. The summed E-state index contributed by atoms with van der Waals surface area (Å²) in [6.07, 6.45) is 5.59. The average molecular weight is 759 g/mol. The van der Waals surface area contributed by atoms with E-state index in [2.05, 4.69) is 51.2 Å². The van der Waals surface area contributed by atoms with E-state index < -0.39 is 6.04 Å². The number of rotatable bonds is 8. The summed E-state index contributed by atoms with van der Waals surface area (Å²) in [5, 5.41) is 8.11. The Hall–Kier alpha value is -3.37. The Morgan fingerprint density at radius 1 is 1.14 bits per heavy atom. The van der Waals surface area contributed by atoms with Gasteiger partial charge in [-0.3, -0.25) is 0 Å². The van der Waals surface area contributed by atoms with Gasteiger partial charge < -0.3 is 0 Å². The van der Waals surface area contributed by atoms with Gasteiger partial charge in [-0.25, -0.2) is 0 Å². The van der Waals surface area contributed by atoms with Gasteiger partial charge in [0.2, 0.25) is 0 Å². The van der Waals surface area contributed by atoms with Crippen LogP contribution in [-0.4, -0.2) is 91.3 Å². The fraction of sp³-hybridized carbons (Fsp3) is 0.379. The Bertz CT molecular complexity index is 1780. The molecule has 2 amide bonds. The quantitative estimate of drug-likeness (QED) is 0.0854. The fourth-order valence-electron chi connectivity index (χ4n) is 5.59. The van der Waals surface area contributed by atoms with E-state index in [-0.39, 0.29) is 58.5 Å². The van der Waals surface area contributed by atoms with Crippen LogP contribution in [0.3, 0.4) is 0 Å². The second-order valence-corrected chi connectivity index (χ2v) is 16.0. The molecule has 2 aliphatic heterocycles. The van der Waals surface area contributed by atoms with Gasteiger partial charge in [0.15, 0.2) is 0 Å². The van der Waals surface area contributed by atoms with Crippen molar-refractivity contribution in [1.29, 1.82) is 0 Å². The molecule has 0 bridgehead atoms. The van der Waals surface area contributed by atoms with Gasteiger partial charge in [-0.15, -0.1) is 0 Å². The Morgan fingerprint density at radius 3 is 2.58 bits per heavy atom. The van der Waals surface area contributed by atoms with Crippen molar-refractivity contribution in [2.75, 3.05) is 26.0 Å². The van der Waals surface area contributed by atoms with E-state index in [1.165, 1.54) is 11.6 Å². The molecule has 1 N–H and O–H groups in total. The molecule has 2 saturated heterocycles. The van der Waals surface area contributed by atoms with Gasteiger partial charge in [0.25, 0.3) is 0 Å². The number of carbonyl (C=O) groups excluding carboxylic acids is 3. The summed E-state index contributed by atoms with van der Waals surface area (Å²) in [7, 11) is 4.04. The van der Waals surface area contributed by atoms with Crippen molar-refractivity contribution in [1.82, 2.24) is 39.5 Å². The predicted molar refractivity (Wildman–Crippen MR) is 159 cm³/mol. The van der Waals surface area contributed by atoms with Crippen LogP contribution in [-0.2, 0) is 16.1 Å². The van der Waals surface area contributed by atoms with Crippen LogP contribution in [0.4, 0.5) is 5.82 Å². The van der Waals surface area contributed by atoms with Gasteiger partial charge in [-0.05, 0) is 6.92 Å². The van der Waals surface area contributed by atoms with E-state index in [0.29, 0.717) is 44.8 Å². The molecular weight excluding hydrogens is 729 g/mol. The van der Waals surface area contributed by atoms with Gasteiger partial charge >= 0.3 is 256 Å². The van der Waals surface area contributed by atoms with Crippen LogP contribution in [0, 0.1) is 13.8 Å². The zero-order valence-electron chi connectivity index (χ0n) is 24.3. The van der Waals surface area contributed by atoms with Gasteiger partial charge in [-0.2, -0.15) is 0 Å². The normalized spacial score (nSPS) is 21.0. The van der Waals surface area contributed by atoms with Gasteiger partial charge in [-0.1, -0.05) is 0 Å². The third-order valence-electron chi connectivity index (χ3n) is 7.62. The van der Waals surface area contributed by atoms with Crippen LogP contribution < -0.4 is 26.5 Å². The third-order valence-corrected chi connectivity index (χ3v) is 12.4. The second kappa shape index (κ2) is 11.3. The first-order chi connectivity index (χ1) is 20.5. The molecule has 0 aromatic carbocycles. The first-order valence-electron chi connectivity index (χ1n) is 13.7. The van der Waals surface area contributed by atoms with Gasteiger partial charge in [0.05, 0.1) is 0 Å². The van der Waals surface area contributed by atoms with Crippen LogP contribution in [0.5, 0.6) is 0 Å². The maximum absolute atomic E-state index is 14.1. The van der Waals surface area contributed by atoms with Crippen LogP contribution in [0.15, 0.2) is 41.4 Å². The first kappa shape index (κ1) is 29.7. The molecule has 6 rings (SSSR count). The molecule has 4 aromatic rings. The molecule has 4 aromatic heterocycles. The number of alkyl halides is 2. The molecule has 0 saturated carbocycles. The summed E-state index contributed by atoms with van der Waals surface area (Å²) in [6.45, 7) is 5.84. The summed E-state index contributed by atoms with van der Waals surface area (Å²) in [4.78, 5) is 61.7. The molecular formula is C29H30BrIN9O3-. The molecule has 2 aliphatic rings. The van der Waals surface area contributed by atoms with Crippen LogP contribution in [0.2, 0.25) is 0 Å². The SMILES string of the molecule is CC(=O)c1nn(CC(=O)N2[C@H](C(=O)Nc3nc(Br)ccc3C)C[C@@]3(CN(C)C)[I-][C@@H]23)c2cnc(-c3cnc(C)nc3)cc12. The van der Waals surface area contributed by atoms with Crippen LogP contribution in [0.1, 0.15) is 35.2 Å². The number of aryl methyl sites for hydroxylation is 2. The number of aromatic nitrogens is 6. The van der Waals surface area contributed by atoms with E-state index in [1.807, 2.05) is 33.2 Å². The molecule has 0 radical (unpaired) electrons. The number of nitrogens with zero attached hydrogens (tertiary/aromatic N) is 8. The molecule has 3 atom stereocenters. The molecule has 6 heterocycles. The Balaban J connectivity index is 1.31. The number of anilines is 1. The average Bonchev–Trinajstić information content (AvgIpc) is 3.35. The molecule has 12 nitrogen and oxygen atoms in total. The summed E-state index contributed by atoms with van der Waals surface area (Å²) in [6, 6.07) is 4.84. The fourth-order valence-corrected chi connectivity index (χ4v) is 10.2. The molecule has 224 valence electrons. The predicted octanol–water partition coefficient (Wildman–Crippen LogP) is -0.166. The van der Waals surface area contributed by atoms with Crippen molar-refractivity contribution in [2.45, 2.75) is 47.2 Å². The van der Waals surface area contributed by atoms with Gasteiger partial charge in [0, 0.05) is 0 Å². The van der Waals surface area contributed by atoms with Crippen molar-refractivity contribution in [2.24, 2.45) is 0 Å². The zero-order chi connectivity index (χ0) is 30.6. The van der Waals surface area contributed by atoms with E-state index in [9.17, 15) is 14.4 Å². The molecule has 0 unspecified atom stereocenters. The third kappa shape index (κ3) is 5.67. The summed E-state index contributed by atoms with van der Waals surface area (Å²) in [5.41, 5.74) is 2.96. The van der Waals surface area contributed by atoms with E-state index in [4.69, 9.17) is 0 Å². The van der Waals surface area contributed by atoms with Crippen molar-refractivity contribution >= 4 is 50.2 Å². The number of amides is 2. The molecule has 14 heteroatoms. The summed E-state index contributed by atoms with van der Waals surface area (Å²) >= 11 is 3.05. The Labute approximate surface area is 267 Å². The number of pyridine rings is 2. The number of ketones is 1. The zero-order valence-corrected chi connectivity index (χ0v) is 28.0. The Morgan fingerprint density at radius 2 is 1.88 bits per heavy atom.